The van der Waals surface area contributed by atoms with Crippen molar-refractivity contribution in [2.75, 3.05) is 6.61 Å². The van der Waals surface area contributed by atoms with Gasteiger partial charge in [0.2, 0.25) is 5.88 Å². The molecule has 0 aliphatic carbocycles. The van der Waals surface area contributed by atoms with Crippen molar-refractivity contribution in [2.24, 2.45) is 10.2 Å². The second kappa shape index (κ2) is 8.44. The van der Waals surface area contributed by atoms with E-state index in [4.69, 9.17) is 28.6 Å². The molecule has 1 heterocycles. The third-order valence-electron chi connectivity index (χ3n) is 3.42. The molecule has 0 fully saturated rings. The second-order valence-electron chi connectivity index (χ2n) is 5.17. The number of thiol groups is 1. The molecule has 3 rings (SSSR count). The Hall–Kier alpha value is -2.22. The predicted octanol–water partition coefficient (Wildman–Crippen LogP) is 6.08. The number of ether oxygens (including phenoxy) is 1. The van der Waals surface area contributed by atoms with Crippen LogP contribution >= 0.6 is 36.4 Å². The Balaban J connectivity index is 2.13. The third kappa shape index (κ3) is 4.12. The molecule has 0 spiro atoms. The summed E-state index contributed by atoms with van der Waals surface area (Å²) >= 11 is 15.3. The molecule has 0 aliphatic heterocycles. The Bertz CT molecular complexity index is 940. The number of benzene rings is 2. The molecule has 5 nitrogen and oxygen atoms in total. The molecular weight excluding hydrogens is 388 g/mol. The molecule has 3 aromatic rings. The molecule has 26 heavy (non-hydrogen) atoms. The largest absolute Gasteiger partial charge is 0.476 e. The maximum Gasteiger partial charge on any atom is 0.247 e. The van der Waals surface area contributed by atoms with Gasteiger partial charge in [-0.2, -0.15) is 14.9 Å². The van der Waals surface area contributed by atoms with Crippen LogP contribution in [0.4, 0.5) is 11.4 Å². The topological polar surface area (TPSA) is 51.8 Å². The van der Waals surface area contributed by atoms with E-state index in [0.29, 0.717) is 34.6 Å². The second-order valence-corrected chi connectivity index (χ2v) is 6.72. The summed E-state index contributed by atoms with van der Waals surface area (Å²) in [6.07, 6.45) is 0. The lowest BCUT2D eigenvalue weighted by atomic mass is 10.1. The first-order valence-corrected chi connectivity index (χ1v) is 9.05. The van der Waals surface area contributed by atoms with E-state index in [0.717, 1.165) is 5.56 Å². The van der Waals surface area contributed by atoms with Crippen LogP contribution in [0, 0.1) is 0 Å². The van der Waals surface area contributed by atoms with Crippen LogP contribution in [0.2, 0.25) is 5.02 Å². The fraction of sp³-hybridized carbons (Fsp3) is 0.111. The van der Waals surface area contributed by atoms with Crippen LogP contribution in [0.1, 0.15) is 6.92 Å². The summed E-state index contributed by atoms with van der Waals surface area (Å²) in [5.74, 6) is 0.407. The van der Waals surface area contributed by atoms with Gasteiger partial charge in [0.05, 0.1) is 12.3 Å². The third-order valence-corrected chi connectivity index (χ3v) is 4.04. The van der Waals surface area contributed by atoms with Gasteiger partial charge in [0.15, 0.2) is 10.0 Å². The lowest BCUT2D eigenvalue weighted by Crippen LogP contribution is -2.07. The molecule has 0 N–H and O–H groups in total. The average molecular weight is 403 g/mol. The molecule has 1 aromatic heterocycles. The molecule has 8 heteroatoms. The van der Waals surface area contributed by atoms with E-state index in [1.807, 2.05) is 37.3 Å². The number of azo groups is 1. The van der Waals surface area contributed by atoms with Crippen LogP contribution in [-0.2, 0) is 0 Å². The van der Waals surface area contributed by atoms with Crippen molar-refractivity contribution >= 4 is 52.1 Å². The summed E-state index contributed by atoms with van der Waals surface area (Å²) in [6.45, 7) is 2.31. The Morgan fingerprint density at radius 2 is 1.85 bits per heavy atom. The zero-order valence-electron chi connectivity index (χ0n) is 13.8. The van der Waals surface area contributed by atoms with E-state index in [2.05, 4.69) is 28.0 Å². The van der Waals surface area contributed by atoms with Crippen molar-refractivity contribution < 1.29 is 4.74 Å². The quantitative estimate of drug-likeness (QED) is 0.319. The maximum atomic E-state index is 5.91. The van der Waals surface area contributed by atoms with Gasteiger partial charge in [-0.25, -0.2) is 0 Å². The number of hydrogen-bond donors (Lipinski definition) is 1. The average Bonchev–Trinajstić information content (AvgIpc) is 3.01. The molecule has 132 valence electrons. The minimum atomic E-state index is 0.263. The monoisotopic (exact) mass is 402 g/mol. The number of rotatable bonds is 5. The van der Waals surface area contributed by atoms with E-state index >= 15 is 0 Å². The number of thiocarbonyl (C=S) groups is 1. The molecular formula is C18H15ClN4OS2. The van der Waals surface area contributed by atoms with E-state index in [-0.39, 0.29) is 4.32 Å². The van der Waals surface area contributed by atoms with Crippen molar-refractivity contribution in [3.05, 3.63) is 59.6 Å². The van der Waals surface area contributed by atoms with E-state index in [1.165, 1.54) is 4.68 Å². The van der Waals surface area contributed by atoms with Crippen LogP contribution < -0.4 is 4.74 Å². The zero-order chi connectivity index (χ0) is 18.5. The predicted molar refractivity (Wildman–Crippen MR) is 111 cm³/mol. The van der Waals surface area contributed by atoms with Gasteiger partial charge in [-0.15, -0.1) is 17.7 Å². The fourth-order valence-corrected chi connectivity index (χ4v) is 2.67. The van der Waals surface area contributed by atoms with Crippen molar-refractivity contribution in [3.63, 3.8) is 0 Å². The molecule has 0 bridgehead atoms. The highest BCUT2D eigenvalue weighted by Gasteiger charge is 2.22. The number of hydrogen-bond acceptors (Lipinski definition) is 5. The van der Waals surface area contributed by atoms with E-state index in [1.54, 1.807) is 24.3 Å². The van der Waals surface area contributed by atoms with Crippen molar-refractivity contribution in [1.82, 2.24) is 9.78 Å². The van der Waals surface area contributed by atoms with Gasteiger partial charge in [-0.1, -0.05) is 54.2 Å². The standard InChI is InChI=1S/C18H15ClN4OS2/c1-2-24-17-16(21-20-14-10-8-13(19)9-11-14)15(22-23(17)18(25)26)12-6-4-3-5-7-12/h3-11H,2H2,1H3,(H,25,26). The molecule has 2 aromatic carbocycles. The van der Waals surface area contributed by atoms with Crippen LogP contribution in [0.3, 0.4) is 0 Å². The van der Waals surface area contributed by atoms with E-state index in [9.17, 15) is 0 Å². The Labute approximate surface area is 167 Å². The highest BCUT2D eigenvalue weighted by Crippen LogP contribution is 2.39. The summed E-state index contributed by atoms with van der Waals surface area (Å²) in [5.41, 5.74) is 2.64. The fourth-order valence-electron chi connectivity index (χ4n) is 2.29. The van der Waals surface area contributed by atoms with Crippen LogP contribution in [-0.4, -0.2) is 20.7 Å². The Morgan fingerprint density at radius 3 is 2.46 bits per heavy atom. The van der Waals surface area contributed by atoms with Gasteiger partial charge in [0.1, 0.15) is 5.69 Å². The first kappa shape index (κ1) is 18.6. The summed E-state index contributed by atoms with van der Waals surface area (Å²) in [4.78, 5) is 0. The normalized spacial score (nSPS) is 11.0. The molecule has 0 atom stereocenters. The molecule has 0 saturated carbocycles. The smallest absolute Gasteiger partial charge is 0.247 e. The lowest BCUT2D eigenvalue weighted by Gasteiger charge is -2.05. The highest BCUT2D eigenvalue weighted by atomic mass is 35.5. The van der Waals surface area contributed by atoms with Crippen molar-refractivity contribution in [2.45, 2.75) is 6.92 Å². The zero-order valence-corrected chi connectivity index (χ0v) is 16.3. The number of nitrogens with zero attached hydrogens (tertiary/aromatic N) is 4. The first-order valence-electron chi connectivity index (χ1n) is 7.82. The van der Waals surface area contributed by atoms with Gasteiger partial charge >= 0.3 is 0 Å². The molecule has 0 saturated heterocycles. The molecule has 0 unspecified atom stereocenters. The summed E-state index contributed by atoms with van der Waals surface area (Å²) < 4.78 is 7.44. The van der Waals surface area contributed by atoms with Crippen molar-refractivity contribution in [3.8, 4) is 17.1 Å². The lowest BCUT2D eigenvalue weighted by molar-refractivity contribution is 0.321. The van der Waals surface area contributed by atoms with Gasteiger partial charge in [0, 0.05) is 10.6 Å². The number of halogens is 1. The summed E-state index contributed by atoms with van der Waals surface area (Å²) in [7, 11) is 0. The first-order chi connectivity index (χ1) is 12.6. The minimum absolute atomic E-state index is 0.263. The van der Waals surface area contributed by atoms with Crippen LogP contribution in [0.25, 0.3) is 11.3 Å². The van der Waals surface area contributed by atoms with Gasteiger partial charge < -0.3 is 4.74 Å². The van der Waals surface area contributed by atoms with Gasteiger partial charge in [0.25, 0.3) is 0 Å². The van der Waals surface area contributed by atoms with Gasteiger partial charge in [-0.3, -0.25) is 0 Å². The van der Waals surface area contributed by atoms with Crippen LogP contribution in [0.5, 0.6) is 5.88 Å². The van der Waals surface area contributed by atoms with Crippen LogP contribution in [0.15, 0.2) is 64.8 Å². The maximum absolute atomic E-state index is 5.91. The summed E-state index contributed by atoms with van der Waals surface area (Å²) in [6, 6.07) is 16.7. The summed E-state index contributed by atoms with van der Waals surface area (Å²) in [5, 5.41) is 13.8. The SMILES string of the molecule is CCOc1c(N=Nc2ccc(Cl)cc2)c(-c2ccccc2)nn1C(=S)S. The molecule has 0 aliphatic rings. The number of aromatic nitrogens is 2. The molecule has 0 radical (unpaired) electrons. The van der Waals surface area contributed by atoms with Gasteiger partial charge in [-0.05, 0) is 31.2 Å². The van der Waals surface area contributed by atoms with Crippen molar-refractivity contribution in [1.29, 1.82) is 0 Å². The van der Waals surface area contributed by atoms with E-state index < -0.39 is 0 Å². The Kier molecular flexibility index (Phi) is 6.03. The highest BCUT2D eigenvalue weighted by molar-refractivity contribution is 8.11. The molecule has 0 amide bonds. The Morgan fingerprint density at radius 1 is 1.15 bits per heavy atom. The minimum Gasteiger partial charge on any atom is -0.476 e.